The Kier molecular flexibility index (Phi) is 8.11. The van der Waals surface area contributed by atoms with Crippen LogP contribution >= 0.6 is 15.9 Å². The Morgan fingerprint density at radius 1 is 0.971 bits per heavy atom. The minimum absolute atomic E-state index is 0.235. The van der Waals surface area contributed by atoms with Crippen LogP contribution in [0.25, 0.3) is 10.8 Å². The topological polar surface area (TPSA) is 94.0 Å². The van der Waals surface area contributed by atoms with Gasteiger partial charge in [-0.15, -0.1) is 0 Å². The summed E-state index contributed by atoms with van der Waals surface area (Å²) in [6.07, 6.45) is -2.54. The van der Waals surface area contributed by atoms with Gasteiger partial charge in [0.25, 0.3) is 5.91 Å². The Labute approximate surface area is 201 Å². The van der Waals surface area contributed by atoms with Gasteiger partial charge in [0, 0.05) is 54.1 Å². The minimum Gasteiger partial charge on any atom is -0.475 e. The number of anilines is 1. The van der Waals surface area contributed by atoms with Gasteiger partial charge in [-0.25, -0.2) is 4.79 Å². The largest absolute Gasteiger partial charge is 0.490 e. The van der Waals surface area contributed by atoms with Crippen LogP contribution in [-0.4, -0.2) is 64.3 Å². The number of amides is 1. The first-order valence-electron chi connectivity index (χ1n) is 10.2. The van der Waals surface area contributed by atoms with Crippen LogP contribution in [0.5, 0.6) is 0 Å². The maximum absolute atomic E-state index is 12.6. The average Bonchev–Trinajstić information content (AvgIpc) is 2.83. The summed E-state index contributed by atoms with van der Waals surface area (Å²) in [6.45, 7) is 2.69. The molecule has 1 aliphatic rings. The standard InChI is InChI=1S/C21H20BrN3O2.C2HF3O2/c22-18-4-1-15(2-5-18)20(26)21(27)25-11-9-24(10-12-25)19-6-3-17-14-23-8-7-16(17)13-19;3-2(4,5)1(6)7/h1-8,13-14,20,26H,9-12H2;(H,6,7). The Morgan fingerprint density at radius 2 is 1.59 bits per heavy atom. The van der Waals surface area contributed by atoms with Gasteiger partial charge in [0.15, 0.2) is 6.10 Å². The highest BCUT2D eigenvalue weighted by Gasteiger charge is 2.38. The van der Waals surface area contributed by atoms with Crippen LogP contribution in [0.3, 0.4) is 0 Å². The van der Waals surface area contributed by atoms with Crippen molar-refractivity contribution in [3.63, 3.8) is 0 Å². The molecule has 0 radical (unpaired) electrons. The number of piperazine rings is 1. The average molecular weight is 540 g/mol. The van der Waals surface area contributed by atoms with E-state index < -0.39 is 18.2 Å². The molecule has 180 valence electrons. The number of aliphatic hydroxyl groups excluding tert-OH is 1. The summed E-state index contributed by atoms with van der Waals surface area (Å²) in [7, 11) is 0. The Morgan fingerprint density at radius 3 is 2.18 bits per heavy atom. The molecule has 0 bridgehead atoms. The zero-order valence-electron chi connectivity index (χ0n) is 17.7. The van der Waals surface area contributed by atoms with Crippen LogP contribution < -0.4 is 4.90 Å². The lowest BCUT2D eigenvalue weighted by atomic mass is 10.1. The third-order valence-corrected chi connectivity index (χ3v) is 5.77. The fourth-order valence-corrected chi connectivity index (χ4v) is 3.68. The highest BCUT2D eigenvalue weighted by molar-refractivity contribution is 9.10. The number of carbonyl (C=O) groups excluding carboxylic acids is 1. The Bertz CT molecular complexity index is 1150. The van der Waals surface area contributed by atoms with E-state index in [2.05, 4.69) is 44.0 Å². The first kappa shape index (κ1) is 25.4. The van der Waals surface area contributed by atoms with Crippen molar-refractivity contribution in [1.29, 1.82) is 0 Å². The van der Waals surface area contributed by atoms with Gasteiger partial charge in [0.2, 0.25) is 0 Å². The monoisotopic (exact) mass is 539 g/mol. The van der Waals surface area contributed by atoms with Crippen molar-refractivity contribution in [3.05, 3.63) is 71.0 Å². The zero-order valence-corrected chi connectivity index (χ0v) is 19.3. The second kappa shape index (κ2) is 10.8. The molecule has 34 heavy (non-hydrogen) atoms. The Balaban J connectivity index is 0.000000406. The van der Waals surface area contributed by atoms with E-state index in [9.17, 15) is 23.1 Å². The van der Waals surface area contributed by atoms with Crippen molar-refractivity contribution < 1.29 is 33.0 Å². The molecule has 1 unspecified atom stereocenters. The van der Waals surface area contributed by atoms with Gasteiger partial charge >= 0.3 is 12.1 Å². The Hall–Kier alpha value is -3.18. The van der Waals surface area contributed by atoms with Gasteiger partial charge in [-0.05, 0) is 41.3 Å². The third-order valence-electron chi connectivity index (χ3n) is 5.24. The summed E-state index contributed by atoms with van der Waals surface area (Å²) in [5.74, 6) is -2.99. The summed E-state index contributed by atoms with van der Waals surface area (Å²) in [5, 5.41) is 19.8. The molecule has 2 aromatic carbocycles. The molecule has 2 heterocycles. The molecule has 0 aliphatic carbocycles. The molecule has 1 fully saturated rings. The number of hydrogen-bond donors (Lipinski definition) is 2. The number of halogens is 4. The number of carboxylic acids is 1. The van der Waals surface area contributed by atoms with Crippen molar-refractivity contribution in [3.8, 4) is 0 Å². The second-order valence-corrected chi connectivity index (χ2v) is 8.39. The van der Waals surface area contributed by atoms with Crippen molar-refractivity contribution in [1.82, 2.24) is 9.88 Å². The molecule has 1 amide bonds. The molecule has 7 nitrogen and oxygen atoms in total. The van der Waals surface area contributed by atoms with E-state index in [0.29, 0.717) is 18.7 Å². The number of carbonyl (C=O) groups is 2. The van der Waals surface area contributed by atoms with Gasteiger partial charge in [-0.2, -0.15) is 13.2 Å². The number of pyridine rings is 1. The summed E-state index contributed by atoms with van der Waals surface area (Å²) < 4.78 is 32.7. The number of aliphatic carboxylic acids is 1. The lowest BCUT2D eigenvalue weighted by Gasteiger charge is -2.37. The number of aromatic nitrogens is 1. The number of fused-ring (bicyclic) bond motifs is 1. The number of rotatable bonds is 3. The molecule has 4 rings (SSSR count). The van der Waals surface area contributed by atoms with Gasteiger partial charge in [0.1, 0.15) is 0 Å². The summed E-state index contributed by atoms with van der Waals surface area (Å²) in [5.41, 5.74) is 1.77. The number of hydrogen-bond acceptors (Lipinski definition) is 5. The number of nitrogens with zero attached hydrogens (tertiary/aromatic N) is 3. The molecule has 1 aromatic heterocycles. The lowest BCUT2D eigenvalue weighted by molar-refractivity contribution is -0.192. The van der Waals surface area contributed by atoms with Crippen LogP contribution in [0.2, 0.25) is 0 Å². The fraction of sp³-hybridized carbons (Fsp3) is 0.261. The third kappa shape index (κ3) is 6.45. The van der Waals surface area contributed by atoms with Crippen molar-refractivity contribution in [2.24, 2.45) is 0 Å². The number of alkyl halides is 3. The summed E-state index contributed by atoms with van der Waals surface area (Å²) in [4.78, 5) is 29.7. The van der Waals surface area contributed by atoms with Crippen LogP contribution in [0, 0.1) is 0 Å². The molecule has 1 atom stereocenters. The maximum Gasteiger partial charge on any atom is 0.490 e. The maximum atomic E-state index is 12.6. The van der Waals surface area contributed by atoms with E-state index in [4.69, 9.17) is 9.90 Å². The number of benzene rings is 2. The van der Waals surface area contributed by atoms with E-state index in [1.165, 1.54) is 0 Å². The van der Waals surface area contributed by atoms with Gasteiger partial charge in [-0.1, -0.05) is 34.1 Å². The van der Waals surface area contributed by atoms with Crippen LogP contribution in [-0.2, 0) is 9.59 Å². The minimum atomic E-state index is -5.08. The molecule has 3 aromatic rings. The highest BCUT2D eigenvalue weighted by Crippen LogP contribution is 2.24. The van der Waals surface area contributed by atoms with Gasteiger partial charge < -0.3 is 20.0 Å². The van der Waals surface area contributed by atoms with E-state index in [1.54, 1.807) is 23.2 Å². The van der Waals surface area contributed by atoms with E-state index in [1.807, 2.05) is 24.4 Å². The van der Waals surface area contributed by atoms with Crippen molar-refractivity contribution in [2.45, 2.75) is 12.3 Å². The first-order valence-corrected chi connectivity index (χ1v) is 11.0. The number of aliphatic hydroxyl groups is 1. The van der Waals surface area contributed by atoms with Crippen molar-refractivity contribution >= 4 is 44.3 Å². The molecule has 0 saturated carbocycles. The predicted molar refractivity (Wildman–Crippen MR) is 123 cm³/mol. The molecule has 1 aliphatic heterocycles. The van der Waals surface area contributed by atoms with Crippen LogP contribution in [0.1, 0.15) is 11.7 Å². The zero-order chi connectivity index (χ0) is 24.9. The fourth-order valence-electron chi connectivity index (χ4n) is 3.41. The lowest BCUT2D eigenvalue weighted by Crippen LogP contribution is -2.50. The second-order valence-electron chi connectivity index (χ2n) is 7.48. The van der Waals surface area contributed by atoms with E-state index in [0.717, 1.165) is 34.0 Å². The molecule has 0 spiro atoms. The van der Waals surface area contributed by atoms with Gasteiger partial charge in [-0.3, -0.25) is 9.78 Å². The smallest absolute Gasteiger partial charge is 0.475 e. The summed E-state index contributed by atoms with van der Waals surface area (Å²) in [6, 6.07) is 15.5. The quantitative estimate of drug-likeness (QED) is 0.522. The SMILES string of the molecule is O=C(C(O)c1ccc(Br)cc1)N1CCN(c2ccc3cnccc3c2)CC1.O=C(O)C(F)(F)F. The predicted octanol–water partition coefficient (Wildman–Crippen LogP) is 4.01. The molecule has 2 N–H and O–H groups in total. The van der Waals surface area contributed by atoms with Gasteiger partial charge in [0.05, 0.1) is 0 Å². The van der Waals surface area contributed by atoms with E-state index in [-0.39, 0.29) is 5.91 Å². The molecule has 1 saturated heterocycles. The first-order chi connectivity index (χ1) is 16.1. The highest BCUT2D eigenvalue weighted by atomic mass is 79.9. The molecular formula is C23H21BrF3N3O4. The summed E-state index contributed by atoms with van der Waals surface area (Å²) >= 11 is 3.37. The molecular weight excluding hydrogens is 519 g/mol. The number of carboxylic acid groups (broad SMARTS) is 1. The molecule has 11 heteroatoms. The normalized spacial score (nSPS) is 14.9. The van der Waals surface area contributed by atoms with Crippen LogP contribution in [0.4, 0.5) is 18.9 Å². The van der Waals surface area contributed by atoms with Crippen LogP contribution in [0.15, 0.2) is 65.4 Å². The van der Waals surface area contributed by atoms with E-state index >= 15 is 0 Å². The van der Waals surface area contributed by atoms with Crippen molar-refractivity contribution in [2.75, 3.05) is 31.1 Å².